The van der Waals surface area contributed by atoms with E-state index < -0.39 is 17.4 Å². The van der Waals surface area contributed by atoms with Crippen molar-refractivity contribution in [3.63, 3.8) is 0 Å². The number of rotatable bonds is 6. The topological polar surface area (TPSA) is 118 Å². The lowest BCUT2D eigenvalue weighted by Gasteiger charge is -2.20. The third kappa shape index (κ3) is 4.19. The maximum atomic E-state index is 11.1. The lowest BCUT2D eigenvalue weighted by Crippen LogP contribution is -2.44. The highest BCUT2D eigenvalue weighted by Crippen LogP contribution is 2.26. The predicted molar refractivity (Wildman–Crippen MR) is 65.2 cm³/mol. The normalized spacial score (nSPS) is 11.2. The summed E-state index contributed by atoms with van der Waals surface area (Å²) >= 11 is 2.25. The van der Waals surface area contributed by atoms with Crippen LogP contribution in [0, 0.1) is 0 Å². The van der Waals surface area contributed by atoms with Crippen LogP contribution in [0.4, 0.5) is 5.13 Å². The Morgan fingerprint density at radius 1 is 1.53 bits per heavy atom. The standard InChI is InChI=1S/C8H12N4O3S2/c1-8(2,5(9)15)10-6-11-12-7(17-6)16-3-4(13)14/h3H2,1-2H3,(H2,9,15)(H,10,11)(H,13,14). The molecule has 0 bridgehead atoms. The molecule has 0 aliphatic heterocycles. The Labute approximate surface area is 106 Å². The number of anilines is 1. The van der Waals surface area contributed by atoms with Crippen molar-refractivity contribution in [3.05, 3.63) is 0 Å². The maximum Gasteiger partial charge on any atom is 0.313 e. The van der Waals surface area contributed by atoms with Gasteiger partial charge in [-0.2, -0.15) is 0 Å². The summed E-state index contributed by atoms with van der Waals surface area (Å²) < 4.78 is 0.523. The minimum absolute atomic E-state index is 0.0755. The average Bonchev–Trinajstić information content (AvgIpc) is 2.61. The van der Waals surface area contributed by atoms with Crippen molar-refractivity contribution in [1.82, 2.24) is 10.2 Å². The number of carboxylic acids is 1. The number of aromatic nitrogens is 2. The summed E-state index contributed by atoms with van der Waals surface area (Å²) in [5.74, 6) is -1.50. The molecule has 0 atom stereocenters. The molecule has 7 nitrogen and oxygen atoms in total. The third-order valence-electron chi connectivity index (χ3n) is 1.76. The second-order valence-corrected chi connectivity index (χ2v) is 5.87. The predicted octanol–water partition coefficient (Wildman–Crippen LogP) is 0.391. The molecule has 0 aliphatic carbocycles. The van der Waals surface area contributed by atoms with Crippen molar-refractivity contribution in [2.24, 2.45) is 5.73 Å². The summed E-state index contributed by atoms with van der Waals surface area (Å²) in [5, 5.41) is 19.3. The number of carbonyl (C=O) groups is 2. The highest BCUT2D eigenvalue weighted by Gasteiger charge is 2.26. The van der Waals surface area contributed by atoms with Gasteiger partial charge in [-0.05, 0) is 13.8 Å². The zero-order valence-corrected chi connectivity index (χ0v) is 10.9. The quantitative estimate of drug-likeness (QED) is 0.643. The van der Waals surface area contributed by atoms with Gasteiger partial charge in [0.2, 0.25) is 11.0 Å². The highest BCUT2D eigenvalue weighted by atomic mass is 32.2. The number of carboxylic acid groups (broad SMARTS) is 1. The Kier molecular flexibility index (Phi) is 4.29. The van der Waals surface area contributed by atoms with Crippen LogP contribution in [0.5, 0.6) is 0 Å². The molecule has 0 saturated carbocycles. The zero-order chi connectivity index (χ0) is 13.1. The number of primary amides is 1. The molecule has 94 valence electrons. The van der Waals surface area contributed by atoms with Crippen molar-refractivity contribution in [2.75, 3.05) is 11.1 Å². The Balaban J connectivity index is 2.62. The van der Waals surface area contributed by atoms with E-state index in [4.69, 9.17) is 10.8 Å². The number of thioether (sulfide) groups is 1. The van der Waals surface area contributed by atoms with Gasteiger partial charge in [-0.3, -0.25) is 9.59 Å². The van der Waals surface area contributed by atoms with Crippen LogP contribution in [-0.4, -0.2) is 38.5 Å². The van der Waals surface area contributed by atoms with Crippen LogP contribution in [-0.2, 0) is 9.59 Å². The van der Waals surface area contributed by atoms with E-state index in [9.17, 15) is 9.59 Å². The summed E-state index contributed by atoms with van der Waals surface area (Å²) in [5.41, 5.74) is 4.27. The van der Waals surface area contributed by atoms with Gasteiger partial charge in [0.15, 0.2) is 4.34 Å². The van der Waals surface area contributed by atoms with Gasteiger partial charge < -0.3 is 16.2 Å². The fourth-order valence-electron chi connectivity index (χ4n) is 0.771. The average molecular weight is 276 g/mol. The molecular formula is C8H12N4O3S2. The van der Waals surface area contributed by atoms with E-state index in [0.717, 1.165) is 11.8 Å². The molecule has 0 aliphatic rings. The van der Waals surface area contributed by atoms with Crippen molar-refractivity contribution in [3.8, 4) is 0 Å². The van der Waals surface area contributed by atoms with Crippen molar-refractivity contribution >= 4 is 40.1 Å². The van der Waals surface area contributed by atoms with Crippen LogP contribution < -0.4 is 11.1 Å². The van der Waals surface area contributed by atoms with E-state index in [2.05, 4.69) is 15.5 Å². The molecule has 1 rings (SSSR count). The summed E-state index contributed by atoms with van der Waals surface area (Å²) in [7, 11) is 0. The van der Waals surface area contributed by atoms with Crippen LogP contribution in [0.1, 0.15) is 13.8 Å². The van der Waals surface area contributed by atoms with E-state index in [0.29, 0.717) is 9.47 Å². The smallest absolute Gasteiger partial charge is 0.313 e. The molecule has 4 N–H and O–H groups in total. The van der Waals surface area contributed by atoms with Crippen LogP contribution in [0.15, 0.2) is 4.34 Å². The van der Waals surface area contributed by atoms with Gasteiger partial charge in [-0.15, -0.1) is 10.2 Å². The molecule has 1 heterocycles. The first-order chi connectivity index (χ1) is 7.81. The van der Waals surface area contributed by atoms with E-state index in [1.807, 2.05) is 0 Å². The van der Waals surface area contributed by atoms with Crippen molar-refractivity contribution in [1.29, 1.82) is 0 Å². The van der Waals surface area contributed by atoms with E-state index in [1.54, 1.807) is 13.8 Å². The summed E-state index contributed by atoms with van der Waals surface area (Å²) in [6.45, 7) is 3.25. The maximum absolute atomic E-state index is 11.1. The van der Waals surface area contributed by atoms with Gasteiger partial charge >= 0.3 is 5.97 Å². The molecule has 0 radical (unpaired) electrons. The first kappa shape index (κ1) is 13.7. The van der Waals surface area contributed by atoms with Crippen molar-refractivity contribution in [2.45, 2.75) is 23.7 Å². The first-order valence-corrected chi connectivity index (χ1v) is 6.37. The number of hydrogen-bond donors (Lipinski definition) is 3. The summed E-state index contributed by atoms with van der Waals surface area (Å²) in [6.07, 6.45) is 0. The summed E-state index contributed by atoms with van der Waals surface area (Å²) in [4.78, 5) is 21.4. The number of nitrogens with one attached hydrogen (secondary N) is 1. The molecule has 0 spiro atoms. The monoisotopic (exact) mass is 276 g/mol. The van der Waals surface area contributed by atoms with Crippen LogP contribution in [0.3, 0.4) is 0 Å². The molecule has 1 aromatic rings. The minimum Gasteiger partial charge on any atom is -0.481 e. The lowest BCUT2D eigenvalue weighted by atomic mass is 10.1. The molecule has 0 unspecified atom stereocenters. The Morgan fingerprint density at radius 3 is 2.71 bits per heavy atom. The van der Waals surface area contributed by atoms with Gasteiger partial charge in [0, 0.05) is 0 Å². The van der Waals surface area contributed by atoms with Crippen LogP contribution in [0.2, 0.25) is 0 Å². The van der Waals surface area contributed by atoms with E-state index in [1.165, 1.54) is 11.3 Å². The van der Waals surface area contributed by atoms with Crippen LogP contribution >= 0.6 is 23.1 Å². The molecule has 9 heteroatoms. The van der Waals surface area contributed by atoms with Crippen LogP contribution in [0.25, 0.3) is 0 Å². The molecule has 17 heavy (non-hydrogen) atoms. The largest absolute Gasteiger partial charge is 0.481 e. The zero-order valence-electron chi connectivity index (χ0n) is 9.26. The number of nitrogens with zero attached hydrogens (tertiary/aromatic N) is 2. The second-order valence-electron chi connectivity index (χ2n) is 3.67. The minimum atomic E-state index is -0.922. The molecular weight excluding hydrogens is 264 g/mol. The molecule has 0 aromatic carbocycles. The van der Waals surface area contributed by atoms with E-state index in [-0.39, 0.29) is 5.75 Å². The highest BCUT2D eigenvalue weighted by molar-refractivity contribution is 8.01. The van der Waals surface area contributed by atoms with E-state index >= 15 is 0 Å². The fraction of sp³-hybridized carbons (Fsp3) is 0.500. The van der Waals surface area contributed by atoms with Gasteiger partial charge in [0.05, 0.1) is 5.75 Å². The molecule has 0 saturated heterocycles. The Hall–Kier alpha value is -1.35. The lowest BCUT2D eigenvalue weighted by molar-refractivity contribution is -0.133. The number of hydrogen-bond acceptors (Lipinski definition) is 7. The first-order valence-electron chi connectivity index (χ1n) is 4.57. The number of amides is 1. The Morgan fingerprint density at radius 2 is 2.18 bits per heavy atom. The second kappa shape index (κ2) is 5.32. The van der Waals surface area contributed by atoms with Gasteiger partial charge in [0.25, 0.3) is 0 Å². The van der Waals surface area contributed by atoms with Gasteiger partial charge in [0.1, 0.15) is 5.54 Å². The Bertz CT molecular complexity index is 432. The number of nitrogens with two attached hydrogens (primary N) is 1. The van der Waals surface area contributed by atoms with Gasteiger partial charge in [-0.1, -0.05) is 23.1 Å². The molecule has 1 aromatic heterocycles. The number of aliphatic carboxylic acids is 1. The van der Waals surface area contributed by atoms with Crippen molar-refractivity contribution < 1.29 is 14.7 Å². The SMILES string of the molecule is CC(C)(Nc1nnc(SCC(=O)O)s1)C(N)=O. The summed E-state index contributed by atoms with van der Waals surface area (Å²) in [6, 6.07) is 0. The number of carbonyl (C=O) groups excluding carboxylic acids is 1. The molecule has 0 fully saturated rings. The third-order valence-corrected chi connectivity index (χ3v) is 3.72. The molecule has 1 amide bonds. The van der Waals surface area contributed by atoms with Gasteiger partial charge in [-0.25, -0.2) is 0 Å². The fourth-order valence-corrected chi connectivity index (χ4v) is 2.40.